The topological polar surface area (TPSA) is 77.3 Å². The zero-order chi connectivity index (χ0) is 16.6. The summed E-state index contributed by atoms with van der Waals surface area (Å²) < 4.78 is 31.2. The normalized spacial score (nSPS) is 10.8. The molecule has 4 heterocycles. The van der Waals surface area contributed by atoms with Crippen LogP contribution in [0, 0.1) is 5.95 Å². The van der Waals surface area contributed by atoms with Crippen LogP contribution < -0.4 is 0 Å². The van der Waals surface area contributed by atoms with Gasteiger partial charge in [-0.1, -0.05) is 0 Å². The lowest BCUT2D eigenvalue weighted by atomic mass is 10.4. The Balaban J connectivity index is 0.000000136. The van der Waals surface area contributed by atoms with E-state index in [-0.39, 0.29) is 4.47 Å². The third kappa shape index (κ3) is 3.58. The van der Waals surface area contributed by atoms with E-state index in [9.17, 15) is 4.39 Å². The van der Waals surface area contributed by atoms with E-state index in [1.807, 2.05) is 0 Å². The number of hydrogen-bond acceptors (Lipinski definition) is 8. The van der Waals surface area contributed by atoms with Gasteiger partial charge in [0.2, 0.25) is 5.95 Å². The molecule has 0 aliphatic heterocycles. The zero-order valence-electron chi connectivity index (χ0n) is 10.5. The number of pyridine rings is 2. The maximum atomic E-state index is 12.9. The van der Waals surface area contributed by atoms with Gasteiger partial charge < -0.3 is 0 Å². The van der Waals surface area contributed by atoms with Crippen molar-refractivity contribution in [1.29, 1.82) is 0 Å². The van der Waals surface area contributed by atoms with Crippen molar-refractivity contribution in [2.45, 2.75) is 0 Å². The molecule has 0 atom stereocenters. The van der Waals surface area contributed by atoms with Gasteiger partial charge in [-0.25, -0.2) is 9.97 Å². The molecule has 0 bridgehead atoms. The van der Waals surface area contributed by atoms with Gasteiger partial charge in [0.15, 0.2) is 0 Å². The van der Waals surface area contributed by atoms with Crippen LogP contribution in [0.3, 0.4) is 0 Å². The highest BCUT2D eigenvalue weighted by atomic mass is 79.9. The molecule has 13 heteroatoms. The van der Waals surface area contributed by atoms with Crippen molar-refractivity contribution in [3.8, 4) is 0 Å². The third-order valence-electron chi connectivity index (χ3n) is 2.47. The lowest BCUT2D eigenvalue weighted by molar-refractivity contribution is 0.577. The molecule has 0 aliphatic carbocycles. The summed E-state index contributed by atoms with van der Waals surface area (Å²) in [7, 11) is 0. The highest BCUT2D eigenvalue weighted by Crippen LogP contribution is 2.28. The molecule has 4 aromatic rings. The quantitative estimate of drug-likeness (QED) is 0.251. The summed E-state index contributed by atoms with van der Waals surface area (Å²) in [6.45, 7) is 0. The third-order valence-corrected chi connectivity index (χ3v) is 5.94. The van der Waals surface area contributed by atoms with E-state index >= 15 is 0 Å². The molecule has 0 aliphatic rings. The fraction of sp³-hybridized carbons (Fsp3) is 0. The fourth-order valence-electron chi connectivity index (χ4n) is 1.47. The van der Waals surface area contributed by atoms with E-state index in [1.54, 1.807) is 6.20 Å². The standard InChI is InChI=1S/C5Br2FN3S.C5HBr2N3S/c6-1-2-3(11-12-10-2)4(7)9-5(1)8;6-2-1-8-5(7)4-3(2)9-11-10-4/h;1H. The summed E-state index contributed by atoms with van der Waals surface area (Å²) in [6, 6.07) is 0. The number of nitrogens with zero attached hydrogens (tertiary/aromatic N) is 6. The molecular weight excluding hydrogens is 607 g/mol. The van der Waals surface area contributed by atoms with E-state index in [4.69, 9.17) is 0 Å². The molecule has 0 unspecified atom stereocenters. The molecule has 118 valence electrons. The van der Waals surface area contributed by atoms with Crippen LogP contribution in [-0.2, 0) is 0 Å². The van der Waals surface area contributed by atoms with Crippen molar-refractivity contribution < 1.29 is 4.39 Å². The predicted octanol–water partition coefficient (Wildman–Crippen LogP) is 5.36. The van der Waals surface area contributed by atoms with Crippen LogP contribution in [0.1, 0.15) is 0 Å². The molecule has 0 amide bonds. The van der Waals surface area contributed by atoms with Crippen LogP contribution in [-0.4, -0.2) is 27.5 Å². The first-order valence-electron chi connectivity index (χ1n) is 5.54. The Morgan fingerprint density at radius 3 is 2.00 bits per heavy atom. The zero-order valence-corrected chi connectivity index (χ0v) is 18.4. The molecule has 4 rings (SSSR count). The van der Waals surface area contributed by atoms with Crippen molar-refractivity contribution in [3.63, 3.8) is 0 Å². The van der Waals surface area contributed by atoms with E-state index in [0.717, 1.165) is 31.8 Å². The maximum absolute atomic E-state index is 12.9. The number of hydrogen-bond donors (Lipinski definition) is 0. The van der Waals surface area contributed by atoms with E-state index < -0.39 is 5.95 Å². The molecule has 4 aromatic heterocycles. The van der Waals surface area contributed by atoms with E-state index in [1.165, 1.54) is 11.7 Å². The molecule has 0 radical (unpaired) electrons. The van der Waals surface area contributed by atoms with Gasteiger partial charge in [-0.3, -0.25) is 0 Å². The SMILES string of the molecule is Brc1cnc(Br)c2nsnc12.Fc1nc(Br)c2nsnc2c1Br. The smallest absolute Gasteiger partial charge is 0.230 e. The summed E-state index contributed by atoms with van der Waals surface area (Å²) in [5, 5.41) is 0. The molecule has 0 N–H and O–H groups in total. The largest absolute Gasteiger partial charge is 0.246 e. The summed E-state index contributed by atoms with van der Waals surface area (Å²) in [5.41, 5.74) is 2.74. The second-order valence-corrected chi connectivity index (χ2v) is 8.03. The van der Waals surface area contributed by atoms with Gasteiger partial charge in [0.05, 0.1) is 27.9 Å². The van der Waals surface area contributed by atoms with Crippen LogP contribution >= 0.6 is 87.2 Å². The van der Waals surface area contributed by atoms with Crippen LogP contribution in [0.5, 0.6) is 0 Å². The number of aromatic nitrogens is 6. The van der Waals surface area contributed by atoms with Crippen molar-refractivity contribution in [2.24, 2.45) is 0 Å². The Bertz CT molecular complexity index is 970. The average molecular weight is 608 g/mol. The fourth-order valence-corrected chi connectivity index (χ4v) is 4.61. The average Bonchev–Trinajstić information content (AvgIpc) is 3.18. The van der Waals surface area contributed by atoms with Crippen molar-refractivity contribution in [3.05, 3.63) is 30.3 Å². The van der Waals surface area contributed by atoms with Gasteiger partial charge in [-0.05, 0) is 63.7 Å². The number of halogens is 5. The van der Waals surface area contributed by atoms with Crippen molar-refractivity contribution in [1.82, 2.24) is 27.5 Å². The Kier molecular flexibility index (Phi) is 5.63. The molecule has 0 saturated carbocycles. The lowest BCUT2D eigenvalue weighted by Gasteiger charge is -1.94. The molecule has 6 nitrogen and oxygen atoms in total. The van der Waals surface area contributed by atoms with Crippen molar-refractivity contribution >= 4 is 109 Å². The van der Waals surface area contributed by atoms with Gasteiger partial charge in [-0.15, -0.1) is 0 Å². The van der Waals surface area contributed by atoms with Crippen molar-refractivity contribution in [2.75, 3.05) is 0 Å². The Labute approximate surface area is 170 Å². The lowest BCUT2D eigenvalue weighted by Crippen LogP contribution is -1.87. The van der Waals surface area contributed by atoms with Gasteiger partial charge in [-0.2, -0.15) is 21.9 Å². The number of rotatable bonds is 0. The highest BCUT2D eigenvalue weighted by Gasteiger charge is 2.13. The Hall–Kier alpha value is -0.210. The summed E-state index contributed by atoms with van der Waals surface area (Å²) in [5.74, 6) is -0.581. The first kappa shape index (κ1) is 17.6. The minimum absolute atomic E-state index is 0.259. The van der Waals surface area contributed by atoms with Gasteiger partial charge in [0, 0.05) is 6.20 Å². The first-order valence-corrected chi connectivity index (χ1v) is 10.2. The molecule has 0 fully saturated rings. The van der Waals surface area contributed by atoms with Crippen LogP contribution in [0.15, 0.2) is 24.3 Å². The summed E-state index contributed by atoms with van der Waals surface area (Å²) in [6.07, 6.45) is 1.70. The second-order valence-electron chi connectivity index (χ2n) is 3.83. The van der Waals surface area contributed by atoms with Gasteiger partial charge in [0.1, 0.15) is 35.7 Å². The van der Waals surface area contributed by atoms with Crippen LogP contribution in [0.2, 0.25) is 0 Å². The van der Waals surface area contributed by atoms with Crippen LogP contribution in [0.25, 0.3) is 22.1 Å². The molecule has 0 aromatic carbocycles. The predicted molar refractivity (Wildman–Crippen MR) is 101 cm³/mol. The Morgan fingerprint density at radius 2 is 1.35 bits per heavy atom. The first-order chi connectivity index (χ1) is 11.0. The maximum Gasteiger partial charge on any atom is 0.230 e. The molecular formula is C10HBr4FN6S2. The molecule has 0 spiro atoms. The molecule has 0 saturated heterocycles. The van der Waals surface area contributed by atoms with E-state index in [2.05, 4.69) is 91.2 Å². The van der Waals surface area contributed by atoms with Gasteiger partial charge >= 0.3 is 0 Å². The Morgan fingerprint density at radius 1 is 0.783 bits per heavy atom. The van der Waals surface area contributed by atoms with E-state index in [0.29, 0.717) is 15.6 Å². The summed E-state index contributed by atoms with van der Waals surface area (Å²) in [4.78, 5) is 7.63. The summed E-state index contributed by atoms with van der Waals surface area (Å²) >= 11 is 15.0. The molecule has 23 heavy (non-hydrogen) atoms. The monoisotopic (exact) mass is 604 g/mol. The number of fused-ring (bicyclic) bond motifs is 2. The minimum Gasteiger partial charge on any atom is -0.246 e. The second kappa shape index (κ2) is 7.35. The van der Waals surface area contributed by atoms with Crippen LogP contribution in [0.4, 0.5) is 4.39 Å². The minimum atomic E-state index is -0.581. The highest BCUT2D eigenvalue weighted by molar-refractivity contribution is 9.11. The van der Waals surface area contributed by atoms with Gasteiger partial charge in [0.25, 0.3) is 0 Å².